The van der Waals surface area contributed by atoms with Gasteiger partial charge in [-0.3, -0.25) is 9.69 Å². The fourth-order valence-electron chi connectivity index (χ4n) is 2.81. The highest BCUT2D eigenvalue weighted by Crippen LogP contribution is 2.26. The zero-order valence-corrected chi connectivity index (χ0v) is 11.8. The Kier molecular flexibility index (Phi) is 4.60. The van der Waals surface area contributed by atoms with Crippen LogP contribution in [0.15, 0.2) is 18.2 Å². The number of ether oxygens (including phenoxy) is 1. The molecule has 1 aromatic carbocycles. The summed E-state index contributed by atoms with van der Waals surface area (Å²) in [4.78, 5) is 13.3. The molecule has 5 heteroatoms. The second-order valence-electron chi connectivity index (χ2n) is 5.27. The van der Waals surface area contributed by atoms with Gasteiger partial charge in [-0.25, -0.2) is 4.39 Å². The monoisotopic (exact) mass is 281 g/mol. The summed E-state index contributed by atoms with van der Waals surface area (Å²) in [5.74, 6) is -1.25. The molecular formula is C15H20FNO3. The smallest absolute Gasteiger partial charge is 0.308 e. The van der Waals surface area contributed by atoms with E-state index in [9.17, 15) is 14.3 Å². The number of carbonyl (C=O) groups is 1. The fraction of sp³-hybridized carbons (Fsp3) is 0.533. The molecule has 0 unspecified atom stereocenters. The van der Waals surface area contributed by atoms with Crippen LogP contribution >= 0.6 is 0 Å². The lowest BCUT2D eigenvalue weighted by molar-refractivity contribution is -0.145. The van der Waals surface area contributed by atoms with Crippen LogP contribution in [-0.2, 0) is 11.3 Å². The molecule has 0 radical (unpaired) electrons. The first-order valence-electron chi connectivity index (χ1n) is 6.82. The Balaban J connectivity index is 2.09. The Hall–Kier alpha value is -1.62. The van der Waals surface area contributed by atoms with Gasteiger partial charge in [0, 0.05) is 12.6 Å². The van der Waals surface area contributed by atoms with E-state index in [0.29, 0.717) is 13.0 Å². The summed E-state index contributed by atoms with van der Waals surface area (Å²) in [6, 6.07) is 4.84. The lowest BCUT2D eigenvalue weighted by Crippen LogP contribution is -2.45. The molecule has 20 heavy (non-hydrogen) atoms. The van der Waals surface area contributed by atoms with Crippen LogP contribution in [0, 0.1) is 11.7 Å². The molecule has 0 bridgehead atoms. The number of halogens is 1. The maximum Gasteiger partial charge on any atom is 0.308 e. The number of methoxy groups -OCH3 is 1. The summed E-state index contributed by atoms with van der Waals surface area (Å²) in [6.45, 7) is 3.34. The Morgan fingerprint density at radius 3 is 2.90 bits per heavy atom. The molecule has 1 fully saturated rings. The predicted octanol–water partition coefficient (Wildman–Crippen LogP) is 2.52. The van der Waals surface area contributed by atoms with E-state index in [1.807, 2.05) is 13.0 Å². The van der Waals surface area contributed by atoms with Gasteiger partial charge in [0.15, 0.2) is 11.6 Å². The lowest BCUT2D eigenvalue weighted by atomic mass is 9.90. The minimum atomic E-state index is -0.747. The van der Waals surface area contributed by atoms with Gasteiger partial charge in [-0.2, -0.15) is 0 Å². The third-order valence-corrected chi connectivity index (χ3v) is 4.04. The van der Waals surface area contributed by atoms with Crippen molar-refractivity contribution in [3.05, 3.63) is 29.6 Å². The summed E-state index contributed by atoms with van der Waals surface area (Å²) >= 11 is 0. The van der Waals surface area contributed by atoms with Crippen molar-refractivity contribution in [2.75, 3.05) is 13.7 Å². The van der Waals surface area contributed by atoms with Crippen LogP contribution in [0.5, 0.6) is 5.75 Å². The summed E-state index contributed by atoms with van der Waals surface area (Å²) in [7, 11) is 1.43. The van der Waals surface area contributed by atoms with Crippen LogP contribution in [0.3, 0.4) is 0 Å². The SMILES string of the molecule is COc1ccc(CN2CCC[C@H](C(=O)O)[C@@H]2C)cc1F. The number of likely N-dealkylation sites (tertiary alicyclic amines) is 1. The predicted molar refractivity (Wildman–Crippen MR) is 73.2 cm³/mol. The molecule has 1 aliphatic heterocycles. The van der Waals surface area contributed by atoms with Gasteiger partial charge in [-0.05, 0) is 44.0 Å². The van der Waals surface area contributed by atoms with Gasteiger partial charge in [0.2, 0.25) is 0 Å². The van der Waals surface area contributed by atoms with Crippen LogP contribution in [0.2, 0.25) is 0 Å². The maximum atomic E-state index is 13.7. The molecule has 0 spiro atoms. The first kappa shape index (κ1) is 14.8. The average molecular weight is 281 g/mol. The first-order chi connectivity index (χ1) is 9.52. The Labute approximate surface area is 118 Å². The molecule has 1 heterocycles. The minimum Gasteiger partial charge on any atom is -0.494 e. The van der Waals surface area contributed by atoms with Crippen LogP contribution in [0.1, 0.15) is 25.3 Å². The van der Waals surface area contributed by atoms with Gasteiger partial charge < -0.3 is 9.84 Å². The highest BCUT2D eigenvalue weighted by Gasteiger charge is 2.32. The molecular weight excluding hydrogens is 261 g/mol. The fourth-order valence-corrected chi connectivity index (χ4v) is 2.81. The summed E-state index contributed by atoms with van der Waals surface area (Å²) in [5, 5.41) is 9.20. The number of rotatable bonds is 4. The van der Waals surface area contributed by atoms with Gasteiger partial charge in [0.25, 0.3) is 0 Å². The van der Waals surface area contributed by atoms with Crippen molar-refractivity contribution in [1.29, 1.82) is 0 Å². The van der Waals surface area contributed by atoms with Crippen LogP contribution < -0.4 is 4.74 Å². The maximum absolute atomic E-state index is 13.7. The van der Waals surface area contributed by atoms with E-state index in [1.54, 1.807) is 6.07 Å². The number of piperidine rings is 1. The largest absolute Gasteiger partial charge is 0.494 e. The molecule has 0 saturated carbocycles. The number of hydrogen-bond acceptors (Lipinski definition) is 3. The van der Waals surface area contributed by atoms with Crippen molar-refractivity contribution in [2.45, 2.75) is 32.4 Å². The number of nitrogens with zero attached hydrogens (tertiary/aromatic N) is 1. The molecule has 0 amide bonds. The molecule has 1 saturated heterocycles. The first-order valence-corrected chi connectivity index (χ1v) is 6.82. The molecule has 2 rings (SSSR count). The molecule has 1 aromatic rings. The highest BCUT2D eigenvalue weighted by atomic mass is 19.1. The normalized spacial score (nSPS) is 23.6. The number of aliphatic carboxylic acids is 1. The number of hydrogen-bond donors (Lipinski definition) is 1. The molecule has 0 aromatic heterocycles. The molecule has 1 N–H and O–H groups in total. The number of benzene rings is 1. The van der Waals surface area contributed by atoms with Gasteiger partial charge in [-0.1, -0.05) is 6.07 Å². The Morgan fingerprint density at radius 2 is 2.30 bits per heavy atom. The van der Waals surface area contributed by atoms with Crippen LogP contribution in [0.25, 0.3) is 0 Å². The topological polar surface area (TPSA) is 49.8 Å². The Morgan fingerprint density at radius 1 is 1.55 bits per heavy atom. The average Bonchev–Trinajstić information content (AvgIpc) is 2.41. The highest BCUT2D eigenvalue weighted by molar-refractivity contribution is 5.70. The summed E-state index contributed by atoms with van der Waals surface area (Å²) in [6.07, 6.45) is 1.57. The third kappa shape index (κ3) is 3.10. The van der Waals surface area contributed by atoms with Crippen molar-refractivity contribution in [1.82, 2.24) is 4.90 Å². The standard InChI is InChI=1S/C15H20FNO3/c1-10-12(15(18)19)4-3-7-17(10)9-11-5-6-14(20-2)13(16)8-11/h5-6,8,10,12H,3-4,7,9H2,1-2H3,(H,18,19)/t10-,12-/m0/s1. The molecule has 110 valence electrons. The van der Waals surface area contributed by atoms with E-state index in [1.165, 1.54) is 13.2 Å². The molecule has 1 aliphatic rings. The van der Waals surface area contributed by atoms with Crippen molar-refractivity contribution in [3.63, 3.8) is 0 Å². The van der Waals surface area contributed by atoms with Gasteiger partial charge in [0.05, 0.1) is 13.0 Å². The van der Waals surface area contributed by atoms with E-state index in [4.69, 9.17) is 4.74 Å². The summed E-state index contributed by atoms with van der Waals surface area (Å²) < 4.78 is 18.6. The zero-order valence-electron chi connectivity index (χ0n) is 11.8. The lowest BCUT2D eigenvalue weighted by Gasteiger charge is -2.37. The van der Waals surface area contributed by atoms with E-state index in [-0.39, 0.29) is 23.5 Å². The van der Waals surface area contributed by atoms with E-state index in [2.05, 4.69) is 4.90 Å². The minimum absolute atomic E-state index is 0.0357. The molecule has 0 aliphatic carbocycles. The van der Waals surface area contributed by atoms with E-state index >= 15 is 0 Å². The zero-order chi connectivity index (χ0) is 14.7. The van der Waals surface area contributed by atoms with Crippen molar-refractivity contribution >= 4 is 5.97 Å². The van der Waals surface area contributed by atoms with E-state index in [0.717, 1.165) is 18.5 Å². The number of carboxylic acids is 1. The van der Waals surface area contributed by atoms with Gasteiger partial charge in [-0.15, -0.1) is 0 Å². The Bertz CT molecular complexity index is 492. The second kappa shape index (κ2) is 6.22. The summed E-state index contributed by atoms with van der Waals surface area (Å²) in [5.41, 5.74) is 0.834. The van der Waals surface area contributed by atoms with E-state index < -0.39 is 5.97 Å². The molecule has 2 atom stereocenters. The van der Waals surface area contributed by atoms with Crippen molar-refractivity contribution < 1.29 is 19.0 Å². The van der Waals surface area contributed by atoms with Crippen molar-refractivity contribution in [3.8, 4) is 5.75 Å². The third-order valence-electron chi connectivity index (χ3n) is 4.04. The quantitative estimate of drug-likeness (QED) is 0.921. The molecule has 4 nitrogen and oxygen atoms in total. The van der Waals surface area contributed by atoms with Gasteiger partial charge in [0.1, 0.15) is 0 Å². The van der Waals surface area contributed by atoms with Crippen LogP contribution in [0.4, 0.5) is 4.39 Å². The van der Waals surface area contributed by atoms with Crippen LogP contribution in [-0.4, -0.2) is 35.7 Å². The van der Waals surface area contributed by atoms with Gasteiger partial charge >= 0.3 is 5.97 Å². The van der Waals surface area contributed by atoms with Crippen molar-refractivity contribution in [2.24, 2.45) is 5.92 Å². The number of carboxylic acid groups (broad SMARTS) is 1. The second-order valence-corrected chi connectivity index (χ2v) is 5.27.